The van der Waals surface area contributed by atoms with Gasteiger partial charge in [-0.3, -0.25) is 0 Å². The van der Waals surface area contributed by atoms with Crippen molar-refractivity contribution in [2.24, 2.45) is 0 Å². The lowest BCUT2D eigenvalue weighted by atomic mass is 10.2. The van der Waals surface area contributed by atoms with E-state index in [0.29, 0.717) is 22.1 Å². The molecular formula is C13H13N5S. The summed E-state index contributed by atoms with van der Waals surface area (Å²) >= 11 is 1.59. The molecule has 0 saturated heterocycles. The highest BCUT2D eigenvalue weighted by molar-refractivity contribution is 7.99. The number of aromatic amines is 1. The maximum absolute atomic E-state index is 5.85. The monoisotopic (exact) mass is 271 g/mol. The number of benzene rings is 1. The van der Waals surface area contributed by atoms with Crippen molar-refractivity contribution in [2.45, 2.75) is 11.6 Å². The summed E-state index contributed by atoms with van der Waals surface area (Å²) in [5.74, 6) is 1.36. The van der Waals surface area contributed by atoms with Crippen molar-refractivity contribution in [3.05, 3.63) is 42.2 Å². The Morgan fingerprint density at radius 1 is 1.16 bits per heavy atom. The highest BCUT2D eigenvalue weighted by Gasteiger charge is 2.07. The lowest BCUT2D eigenvalue weighted by Crippen LogP contribution is -1.97. The maximum Gasteiger partial charge on any atom is 0.191 e. The lowest BCUT2D eigenvalue weighted by molar-refractivity contribution is 0.996. The molecule has 0 atom stereocenters. The number of H-pyrrole nitrogens is 1. The molecule has 5 nitrogen and oxygen atoms in total. The van der Waals surface area contributed by atoms with Gasteiger partial charge in [0.15, 0.2) is 16.6 Å². The topological polar surface area (TPSA) is 80.5 Å². The molecule has 0 bridgehead atoms. The van der Waals surface area contributed by atoms with Crippen LogP contribution < -0.4 is 5.73 Å². The number of nitrogens with zero attached hydrogens (tertiary/aromatic N) is 3. The first kappa shape index (κ1) is 12.0. The summed E-state index contributed by atoms with van der Waals surface area (Å²) in [6.45, 7) is 0. The van der Waals surface area contributed by atoms with E-state index in [4.69, 9.17) is 5.73 Å². The molecule has 3 N–H and O–H groups in total. The summed E-state index contributed by atoms with van der Waals surface area (Å²) in [4.78, 5) is 15.7. The number of rotatable bonds is 4. The van der Waals surface area contributed by atoms with Gasteiger partial charge in [-0.25, -0.2) is 15.0 Å². The second-order valence-electron chi connectivity index (χ2n) is 4.08. The predicted molar refractivity (Wildman–Crippen MR) is 77.0 cm³/mol. The van der Waals surface area contributed by atoms with Crippen LogP contribution in [0.25, 0.3) is 11.2 Å². The summed E-state index contributed by atoms with van der Waals surface area (Å²) in [6.07, 6.45) is 2.56. The van der Waals surface area contributed by atoms with Crippen molar-refractivity contribution in [1.29, 1.82) is 0 Å². The predicted octanol–water partition coefficient (Wildman–Crippen LogP) is 2.27. The molecule has 0 aliphatic carbocycles. The Kier molecular flexibility index (Phi) is 3.33. The van der Waals surface area contributed by atoms with Gasteiger partial charge >= 0.3 is 0 Å². The standard InChI is InChI=1S/C13H13N5S/c14-11-10-12(16-8-15-10)18-13(17-11)19-7-6-9-4-2-1-3-5-9/h1-5,8H,6-7H2,(H3,14,15,16,17,18). The third-order valence-electron chi connectivity index (χ3n) is 2.76. The number of aryl methyl sites for hydroxylation is 1. The smallest absolute Gasteiger partial charge is 0.191 e. The van der Waals surface area contributed by atoms with Crippen molar-refractivity contribution in [3.8, 4) is 0 Å². The van der Waals surface area contributed by atoms with E-state index in [1.54, 1.807) is 18.1 Å². The van der Waals surface area contributed by atoms with Gasteiger partial charge in [-0.05, 0) is 12.0 Å². The lowest BCUT2D eigenvalue weighted by Gasteiger charge is -2.02. The van der Waals surface area contributed by atoms with Crippen LogP contribution in [-0.2, 0) is 6.42 Å². The van der Waals surface area contributed by atoms with Gasteiger partial charge in [0.2, 0.25) is 0 Å². The molecule has 2 aromatic heterocycles. The second-order valence-corrected chi connectivity index (χ2v) is 5.14. The van der Waals surface area contributed by atoms with Crippen molar-refractivity contribution < 1.29 is 0 Å². The number of nitrogen functional groups attached to an aromatic ring is 1. The molecule has 0 radical (unpaired) electrons. The molecule has 0 aliphatic heterocycles. The van der Waals surface area contributed by atoms with Gasteiger partial charge < -0.3 is 10.7 Å². The van der Waals surface area contributed by atoms with Crippen molar-refractivity contribution in [1.82, 2.24) is 19.9 Å². The van der Waals surface area contributed by atoms with Crippen LogP contribution in [0.5, 0.6) is 0 Å². The second kappa shape index (κ2) is 5.27. The molecule has 1 aromatic carbocycles. The van der Waals surface area contributed by atoms with Crippen molar-refractivity contribution in [3.63, 3.8) is 0 Å². The Hall–Kier alpha value is -2.08. The Labute approximate surface area is 114 Å². The summed E-state index contributed by atoms with van der Waals surface area (Å²) in [6, 6.07) is 10.3. The third-order valence-corrected chi connectivity index (χ3v) is 3.61. The highest BCUT2D eigenvalue weighted by Crippen LogP contribution is 2.20. The molecule has 3 aromatic rings. The molecule has 19 heavy (non-hydrogen) atoms. The van der Waals surface area contributed by atoms with E-state index in [0.717, 1.165) is 12.2 Å². The van der Waals surface area contributed by atoms with Crippen LogP contribution in [-0.4, -0.2) is 25.7 Å². The normalized spacial score (nSPS) is 10.9. The molecular weight excluding hydrogens is 258 g/mol. The molecule has 0 saturated carbocycles. The largest absolute Gasteiger partial charge is 0.382 e. The number of imidazole rings is 1. The fraction of sp³-hybridized carbons (Fsp3) is 0.154. The zero-order valence-corrected chi connectivity index (χ0v) is 11.0. The van der Waals surface area contributed by atoms with Crippen molar-refractivity contribution >= 4 is 28.7 Å². The summed E-state index contributed by atoms with van der Waals surface area (Å²) in [5.41, 5.74) is 8.48. The van der Waals surface area contributed by atoms with Gasteiger partial charge in [0.1, 0.15) is 5.52 Å². The fourth-order valence-corrected chi connectivity index (χ4v) is 2.64. The molecule has 3 rings (SSSR count). The number of anilines is 1. The zero-order chi connectivity index (χ0) is 13.1. The van der Waals surface area contributed by atoms with Gasteiger partial charge in [0, 0.05) is 5.75 Å². The molecule has 0 spiro atoms. The van der Waals surface area contributed by atoms with Crippen LogP contribution in [0.15, 0.2) is 41.8 Å². The molecule has 0 fully saturated rings. The van der Waals surface area contributed by atoms with Crippen LogP contribution in [0.4, 0.5) is 5.82 Å². The first-order valence-corrected chi connectivity index (χ1v) is 6.95. The Morgan fingerprint density at radius 3 is 2.84 bits per heavy atom. The molecule has 2 heterocycles. The number of hydrogen-bond donors (Lipinski definition) is 2. The van der Waals surface area contributed by atoms with Crippen molar-refractivity contribution in [2.75, 3.05) is 11.5 Å². The van der Waals surface area contributed by atoms with Crippen LogP contribution in [0.2, 0.25) is 0 Å². The van der Waals surface area contributed by atoms with Gasteiger partial charge in [0.05, 0.1) is 6.33 Å². The van der Waals surface area contributed by atoms with E-state index in [9.17, 15) is 0 Å². The molecule has 0 unspecified atom stereocenters. The number of aromatic nitrogens is 4. The van der Waals surface area contributed by atoms with Crippen LogP contribution >= 0.6 is 11.8 Å². The van der Waals surface area contributed by atoms with E-state index in [-0.39, 0.29) is 0 Å². The number of hydrogen-bond acceptors (Lipinski definition) is 5. The average molecular weight is 271 g/mol. The molecule has 6 heteroatoms. The number of thioether (sulfide) groups is 1. The quantitative estimate of drug-likeness (QED) is 0.562. The van der Waals surface area contributed by atoms with Gasteiger partial charge in [0.25, 0.3) is 0 Å². The Morgan fingerprint density at radius 2 is 2.00 bits per heavy atom. The van der Waals surface area contributed by atoms with Gasteiger partial charge in [-0.1, -0.05) is 42.1 Å². The van der Waals surface area contributed by atoms with E-state index in [1.165, 1.54) is 5.56 Å². The average Bonchev–Trinajstić information content (AvgIpc) is 2.89. The van der Waals surface area contributed by atoms with Crippen LogP contribution in [0.3, 0.4) is 0 Å². The van der Waals surface area contributed by atoms with E-state index < -0.39 is 0 Å². The molecule has 0 aliphatic rings. The Balaban J connectivity index is 1.68. The van der Waals surface area contributed by atoms with Gasteiger partial charge in [-0.15, -0.1) is 0 Å². The summed E-state index contributed by atoms with van der Waals surface area (Å²) < 4.78 is 0. The SMILES string of the molecule is Nc1nc(SCCc2ccccc2)nc2nc[nH]c12. The van der Waals surface area contributed by atoms with E-state index in [2.05, 4.69) is 32.1 Å². The first-order chi connectivity index (χ1) is 9.33. The Bertz CT molecular complexity index is 680. The van der Waals surface area contributed by atoms with E-state index >= 15 is 0 Å². The molecule has 96 valence electrons. The number of nitrogens with one attached hydrogen (secondary N) is 1. The van der Waals surface area contributed by atoms with Crippen LogP contribution in [0, 0.1) is 0 Å². The summed E-state index contributed by atoms with van der Waals surface area (Å²) in [7, 11) is 0. The van der Waals surface area contributed by atoms with Gasteiger partial charge in [-0.2, -0.15) is 0 Å². The minimum Gasteiger partial charge on any atom is -0.382 e. The van der Waals surface area contributed by atoms with Crippen LogP contribution in [0.1, 0.15) is 5.56 Å². The number of fused-ring (bicyclic) bond motifs is 1. The first-order valence-electron chi connectivity index (χ1n) is 5.96. The molecule has 0 amide bonds. The minimum absolute atomic E-state index is 0.449. The minimum atomic E-state index is 0.449. The maximum atomic E-state index is 5.85. The fourth-order valence-electron chi connectivity index (χ4n) is 1.80. The highest BCUT2D eigenvalue weighted by atomic mass is 32.2. The summed E-state index contributed by atoms with van der Waals surface area (Å²) in [5, 5.41) is 0.674. The third kappa shape index (κ3) is 2.68. The van der Waals surface area contributed by atoms with E-state index in [1.807, 2.05) is 18.2 Å². The number of nitrogens with two attached hydrogens (primary N) is 1. The zero-order valence-electron chi connectivity index (χ0n) is 10.2.